The van der Waals surface area contributed by atoms with E-state index >= 15 is 0 Å². The predicted octanol–water partition coefficient (Wildman–Crippen LogP) is 0.683. The van der Waals surface area contributed by atoms with Gasteiger partial charge >= 0.3 is 0 Å². The quantitative estimate of drug-likeness (QED) is 0.801. The van der Waals surface area contributed by atoms with Crippen LogP contribution in [0, 0.1) is 5.92 Å². The summed E-state index contributed by atoms with van der Waals surface area (Å²) in [5.41, 5.74) is 1.05. The number of rotatable bonds is 6. The maximum atomic E-state index is 12.1. The number of nitrogens with one attached hydrogen (secondary N) is 1. The topological polar surface area (TPSA) is 63.4 Å². The van der Waals surface area contributed by atoms with Crippen LogP contribution in [-0.4, -0.2) is 56.3 Å². The smallest absolute Gasteiger partial charge is 0.223 e. The summed E-state index contributed by atoms with van der Waals surface area (Å²) in [6.07, 6.45) is 0.627. The first-order valence-corrected chi connectivity index (χ1v) is 8.49. The fourth-order valence-electron chi connectivity index (χ4n) is 3.07. The van der Waals surface area contributed by atoms with Crippen molar-refractivity contribution >= 4 is 5.91 Å². The van der Waals surface area contributed by atoms with E-state index in [1.807, 2.05) is 17.0 Å². The van der Waals surface area contributed by atoms with Crippen molar-refractivity contribution in [2.45, 2.75) is 26.8 Å². The molecule has 0 bridgehead atoms. The second-order valence-corrected chi connectivity index (χ2v) is 6.75. The zero-order valence-corrected chi connectivity index (χ0v) is 15.1. The minimum absolute atomic E-state index is 0.0304. The maximum Gasteiger partial charge on any atom is 0.223 e. The normalized spacial score (nSPS) is 15.6. The van der Waals surface area contributed by atoms with Gasteiger partial charge in [0.05, 0.1) is 40.4 Å². The highest BCUT2D eigenvalue weighted by atomic mass is 16.5. The van der Waals surface area contributed by atoms with E-state index in [9.17, 15) is 9.90 Å². The van der Waals surface area contributed by atoms with Crippen LogP contribution in [0.1, 0.15) is 25.8 Å². The van der Waals surface area contributed by atoms with Crippen molar-refractivity contribution < 1.29 is 24.3 Å². The van der Waals surface area contributed by atoms with E-state index in [-0.39, 0.29) is 11.7 Å². The van der Waals surface area contributed by atoms with Gasteiger partial charge in [0.25, 0.3) is 0 Å². The third-order valence-electron chi connectivity index (χ3n) is 4.40. The molecule has 24 heavy (non-hydrogen) atoms. The van der Waals surface area contributed by atoms with Crippen LogP contribution < -0.4 is 14.4 Å². The van der Waals surface area contributed by atoms with Gasteiger partial charge in [-0.15, -0.1) is 0 Å². The molecular weight excluding hydrogens is 308 g/mol. The summed E-state index contributed by atoms with van der Waals surface area (Å²) in [5, 5.41) is 9.99. The number of piperazine rings is 1. The first-order chi connectivity index (χ1) is 11.4. The van der Waals surface area contributed by atoms with Gasteiger partial charge < -0.3 is 24.4 Å². The van der Waals surface area contributed by atoms with E-state index in [4.69, 9.17) is 9.47 Å². The zero-order chi connectivity index (χ0) is 17.7. The van der Waals surface area contributed by atoms with E-state index < -0.39 is 0 Å². The Morgan fingerprint density at radius 1 is 1.21 bits per heavy atom. The molecule has 2 N–H and O–H groups in total. The van der Waals surface area contributed by atoms with Crippen LogP contribution in [0.3, 0.4) is 0 Å². The Labute approximate surface area is 144 Å². The average Bonchev–Trinajstić information content (AvgIpc) is 2.56. The summed E-state index contributed by atoms with van der Waals surface area (Å²) in [6, 6.07) is 3.70. The molecule has 6 nitrogen and oxygen atoms in total. The lowest BCUT2D eigenvalue weighted by Crippen LogP contribution is -3.13. The number of ether oxygens (including phenoxy) is 2. The zero-order valence-electron chi connectivity index (χ0n) is 15.1. The van der Waals surface area contributed by atoms with Gasteiger partial charge in [0.2, 0.25) is 11.7 Å². The van der Waals surface area contributed by atoms with Gasteiger partial charge in [-0.05, 0) is 18.1 Å². The van der Waals surface area contributed by atoms with Crippen LogP contribution in [-0.2, 0) is 11.3 Å². The Balaban J connectivity index is 1.95. The number of phenols is 1. The fourth-order valence-corrected chi connectivity index (χ4v) is 3.07. The third kappa shape index (κ3) is 4.54. The minimum Gasteiger partial charge on any atom is -0.502 e. The molecule has 134 valence electrons. The lowest BCUT2D eigenvalue weighted by Gasteiger charge is -2.32. The number of carbonyl (C=O) groups excluding carboxylic acids is 1. The van der Waals surface area contributed by atoms with Gasteiger partial charge in [0.1, 0.15) is 6.54 Å². The lowest BCUT2D eigenvalue weighted by molar-refractivity contribution is -0.917. The third-order valence-corrected chi connectivity index (χ3v) is 4.40. The number of methoxy groups -OCH3 is 2. The summed E-state index contributed by atoms with van der Waals surface area (Å²) in [6.45, 7) is 8.42. The van der Waals surface area contributed by atoms with Crippen molar-refractivity contribution in [3.05, 3.63) is 17.7 Å². The molecule has 1 heterocycles. The highest BCUT2D eigenvalue weighted by Crippen LogP contribution is 2.36. The predicted molar refractivity (Wildman–Crippen MR) is 91.6 cm³/mol. The van der Waals surface area contributed by atoms with Gasteiger partial charge in [0, 0.05) is 12.0 Å². The first kappa shape index (κ1) is 18.4. The molecule has 1 aliphatic rings. The molecule has 2 rings (SSSR count). The Hall–Kier alpha value is -1.95. The molecule has 1 aromatic carbocycles. The minimum atomic E-state index is 0.0304. The maximum absolute atomic E-state index is 12.1. The molecular formula is C18H29N2O4+. The van der Waals surface area contributed by atoms with Crippen LogP contribution in [0.25, 0.3) is 0 Å². The Kier molecular flexibility index (Phi) is 6.31. The Morgan fingerprint density at radius 3 is 2.21 bits per heavy atom. The van der Waals surface area contributed by atoms with E-state index in [0.29, 0.717) is 23.8 Å². The number of quaternary nitrogens is 1. The molecule has 1 aromatic rings. The van der Waals surface area contributed by atoms with Crippen LogP contribution in [0.4, 0.5) is 0 Å². The largest absolute Gasteiger partial charge is 0.502 e. The molecule has 0 unspecified atom stereocenters. The van der Waals surface area contributed by atoms with Crippen molar-refractivity contribution in [2.24, 2.45) is 5.92 Å². The van der Waals surface area contributed by atoms with Crippen molar-refractivity contribution in [3.8, 4) is 17.2 Å². The number of carbonyl (C=O) groups is 1. The van der Waals surface area contributed by atoms with Crippen molar-refractivity contribution in [1.82, 2.24) is 4.90 Å². The Bertz CT molecular complexity index is 541. The molecule has 0 aromatic heterocycles. The standard InChI is InChI=1S/C18H28N2O4/c1-13(2)9-17(21)20-7-5-19(6-8-20)12-14-10-15(23-3)18(22)16(11-14)24-4/h10-11,13,22H,5-9,12H2,1-4H3/p+1. The van der Waals surface area contributed by atoms with Crippen molar-refractivity contribution in [3.63, 3.8) is 0 Å². The van der Waals surface area contributed by atoms with Crippen LogP contribution in [0.15, 0.2) is 12.1 Å². The molecule has 1 fully saturated rings. The number of nitrogens with zero attached hydrogens (tertiary/aromatic N) is 1. The second-order valence-electron chi connectivity index (χ2n) is 6.75. The molecule has 0 atom stereocenters. The molecule has 0 radical (unpaired) electrons. The Morgan fingerprint density at radius 2 is 1.75 bits per heavy atom. The highest BCUT2D eigenvalue weighted by molar-refractivity contribution is 5.76. The monoisotopic (exact) mass is 337 g/mol. The fraction of sp³-hybridized carbons (Fsp3) is 0.611. The van der Waals surface area contributed by atoms with E-state index in [1.54, 1.807) is 0 Å². The number of hydrogen-bond acceptors (Lipinski definition) is 4. The van der Waals surface area contributed by atoms with E-state index in [1.165, 1.54) is 19.1 Å². The van der Waals surface area contributed by atoms with E-state index in [0.717, 1.165) is 38.3 Å². The van der Waals surface area contributed by atoms with Crippen molar-refractivity contribution in [1.29, 1.82) is 0 Å². The van der Waals surface area contributed by atoms with Gasteiger partial charge in [-0.1, -0.05) is 13.8 Å². The first-order valence-electron chi connectivity index (χ1n) is 8.49. The van der Waals surface area contributed by atoms with Gasteiger partial charge in [-0.2, -0.15) is 0 Å². The van der Waals surface area contributed by atoms with Crippen LogP contribution in [0.5, 0.6) is 17.2 Å². The summed E-state index contributed by atoms with van der Waals surface area (Å²) in [4.78, 5) is 15.5. The summed E-state index contributed by atoms with van der Waals surface area (Å²) in [5.74, 6) is 1.55. The number of amides is 1. The average molecular weight is 337 g/mol. The molecule has 0 spiro atoms. The molecule has 1 amide bonds. The summed E-state index contributed by atoms with van der Waals surface area (Å²) in [7, 11) is 3.06. The molecule has 1 saturated heterocycles. The number of phenolic OH excluding ortho intramolecular Hbond substituents is 1. The number of hydrogen-bond donors (Lipinski definition) is 2. The highest BCUT2D eigenvalue weighted by Gasteiger charge is 2.24. The van der Waals surface area contributed by atoms with Gasteiger partial charge in [-0.25, -0.2) is 0 Å². The number of aromatic hydroxyl groups is 1. The second kappa shape index (κ2) is 8.24. The molecule has 0 saturated carbocycles. The van der Waals surface area contributed by atoms with Crippen LogP contribution >= 0.6 is 0 Å². The van der Waals surface area contributed by atoms with Crippen LogP contribution in [0.2, 0.25) is 0 Å². The lowest BCUT2D eigenvalue weighted by atomic mass is 10.1. The molecule has 0 aliphatic carbocycles. The molecule has 1 aliphatic heterocycles. The van der Waals surface area contributed by atoms with E-state index in [2.05, 4.69) is 13.8 Å². The number of benzene rings is 1. The summed E-state index contributed by atoms with van der Waals surface area (Å²) < 4.78 is 10.4. The summed E-state index contributed by atoms with van der Waals surface area (Å²) >= 11 is 0. The van der Waals surface area contributed by atoms with Gasteiger partial charge in [0.15, 0.2) is 11.5 Å². The SMILES string of the molecule is COc1cc(C[NH+]2CCN(C(=O)CC(C)C)CC2)cc(OC)c1O. The molecule has 6 heteroatoms. The van der Waals surface area contributed by atoms with Gasteiger partial charge in [-0.3, -0.25) is 4.79 Å². The van der Waals surface area contributed by atoms with Crippen molar-refractivity contribution in [2.75, 3.05) is 40.4 Å².